The van der Waals surface area contributed by atoms with Crippen LogP contribution in [0.2, 0.25) is 0 Å². The maximum absolute atomic E-state index is 12.9. The highest BCUT2D eigenvalue weighted by Gasteiger charge is 2.46. The number of ether oxygens (including phenoxy) is 2. The van der Waals surface area contributed by atoms with Crippen molar-refractivity contribution >= 4 is 35.8 Å². The fourth-order valence-corrected chi connectivity index (χ4v) is 5.28. The molecule has 2 amide bonds. The van der Waals surface area contributed by atoms with Gasteiger partial charge in [0.25, 0.3) is 0 Å². The topological polar surface area (TPSA) is 125 Å². The molecule has 2 aromatic carbocycles. The van der Waals surface area contributed by atoms with Crippen LogP contribution in [-0.2, 0) is 20.9 Å². The second-order valence-corrected chi connectivity index (χ2v) is 13.5. The number of hydrogen-bond acceptors (Lipinski definition) is 7. The van der Waals surface area contributed by atoms with Crippen molar-refractivity contribution in [3.8, 4) is 23.1 Å². The number of carbonyl (C=O) groups is 2. The van der Waals surface area contributed by atoms with Crippen molar-refractivity contribution in [2.75, 3.05) is 6.54 Å². The van der Waals surface area contributed by atoms with E-state index in [0.717, 1.165) is 39.8 Å². The maximum atomic E-state index is 12.9. The number of thiol groups is 1. The van der Waals surface area contributed by atoms with E-state index in [-0.39, 0.29) is 6.54 Å². The standard InChI is InChI=1S/C33H38N6O4S/c1-31(2,3)42-29(40)35-20-27-34-19-26(36-27)23-13-10-21(11-14-23)8-9-22-12-15-24-25(18-22)38-28(37-24)33(44)16-7-17-39(33)30(41)43-32(4,5)6/h10-15,18-19,44H,7,16-17,20H2,1-6H3,(H,34,36)(H,35,40)(H,37,38). The van der Waals surface area contributed by atoms with Gasteiger partial charge in [0.1, 0.15) is 27.7 Å². The van der Waals surface area contributed by atoms with Crippen LogP contribution in [0, 0.1) is 11.8 Å². The third-order valence-electron chi connectivity index (χ3n) is 6.80. The van der Waals surface area contributed by atoms with Gasteiger partial charge in [0.2, 0.25) is 0 Å². The zero-order chi connectivity index (χ0) is 31.7. The van der Waals surface area contributed by atoms with Crippen molar-refractivity contribution < 1.29 is 19.1 Å². The minimum Gasteiger partial charge on any atom is -0.444 e. The summed E-state index contributed by atoms with van der Waals surface area (Å²) in [6, 6.07) is 13.6. The fraction of sp³-hybridized carbons (Fsp3) is 0.394. The number of amides is 2. The quantitative estimate of drug-likeness (QED) is 0.154. The van der Waals surface area contributed by atoms with Crippen LogP contribution in [0.4, 0.5) is 9.59 Å². The van der Waals surface area contributed by atoms with E-state index in [1.807, 2.05) is 84.0 Å². The molecule has 11 heteroatoms. The van der Waals surface area contributed by atoms with Crippen LogP contribution < -0.4 is 5.32 Å². The zero-order valence-electron chi connectivity index (χ0n) is 25.9. The summed E-state index contributed by atoms with van der Waals surface area (Å²) in [4.78, 5) is 41.3. The number of alkyl carbamates (subject to hydrolysis) is 1. The molecule has 1 unspecified atom stereocenters. The van der Waals surface area contributed by atoms with Crippen LogP contribution in [0.15, 0.2) is 48.7 Å². The molecule has 1 aliphatic heterocycles. The molecule has 0 saturated carbocycles. The third-order valence-corrected chi connectivity index (χ3v) is 7.48. The summed E-state index contributed by atoms with van der Waals surface area (Å²) in [6.07, 6.45) is 2.32. The molecule has 3 N–H and O–H groups in total. The van der Waals surface area contributed by atoms with Gasteiger partial charge >= 0.3 is 12.2 Å². The molecule has 0 bridgehead atoms. The van der Waals surface area contributed by atoms with E-state index in [1.165, 1.54) is 0 Å². The number of likely N-dealkylation sites (tertiary alicyclic amines) is 1. The molecule has 3 heterocycles. The molecule has 1 fully saturated rings. The van der Waals surface area contributed by atoms with Crippen LogP contribution >= 0.6 is 12.6 Å². The van der Waals surface area contributed by atoms with E-state index in [1.54, 1.807) is 11.1 Å². The lowest BCUT2D eigenvalue weighted by atomic mass is 10.1. The van der Waals surface area contributed by atoms with Crippen molar-refractivity contribution in [3.63, 3.8) is 0 Å². The van der Waals surface area contributed by atoms with Crippen molar-refractivity contribution in [1.29, 1.82) is 0 Å². The minimum absolute atomic E-state index is 0.234. The number of nitrogens with zero attached hydrogens (tertiary/aromatic N) is 3. The molecule has 1 aliphatic rings. The Balaban J connectivity index is 1.25. The Kier molecular flexibility index (Phi) is 8.40. The van der Waals surface area contributed by atoms with Gasteiger partial charge in [0.05, 0.1) is 29.5 Å². The van der Waals surface area contributed by atoms with E-state index < -0.39 is 28.3 Å². The Morgan fingerprint density at radius 3 is 2.39 bits per heavy atom. The van der Waals surface area contributed by atoms with E-state index in [2.05, 4.69) is 32.1 Å². The number of carbonyl (C=O) groups excluding carboxylic acids is 2. The molecule has 0 spiro atoms. The highest BCUT2D eigenvalue weighted by molar-refractivity contribution is 7.81. The van der Waals surface area contributed by atoms with Crippen LogP contribution in [0.5, 0.6) is 0 Å². The zero-order valence-corrected chi connectivity index (χ0v) is 26.8. The van der Waals surface area contributed by atoms with Gasteiger partial charge in [-0.05, 0) is 90.3 Å². The number of benzene rings is 2. The normalized spacial score (nSPS) is 16.8. The predicted octanol–water partition coefficient (Wildman–Crippen LogP) is 6.49. The van der Waals surface area contributed by atoms with Gasteiger partial charge in [-0.2, -0.15) is 0 Å². The Bertz CT molecular complexity index is 1740. The maximum Gasteiger partial charge on any atom is 0.411 e. The molecule has 0 aliphatic carbocycles. The molecular formula is C33H38N6O4S. The van der Waals surface area contributed by atoms with E-state index in [9.17, 15) is 9.59 Å². The summed E-state index contributed by atoms with van der Waals surface area (Å²) < 4.78 is 10.9. The number of fused-ring (bicyclic) bond motifs is 1. The molecular weight excluding hydrogens is 576 g/mol. The number of H-pyrrole nitrogens is 2. The first kappa shape index (κ1) is 31.0. The lowest BCUT2D eigenvalue weighted by Crippen LogP contribution is -2.44. The van der Waals surface area contributed by atoms with Gasteiger partial charge < -0.3 is 24.8 Å². The highest BCUT2D eigenvalue weighted by atomic mass is 32.1. The van der Waals surface area contributed by atoms with Gasteiger partial charge in [0.15, 0.2) is 0 Å². The SMILES string of the molecule is CC(C)(C)OC(=O)NCc1ncc(-c2ccc(C#Cc3ccc4nc(C5(S)CCCN5C(=O)OC(C)(C)C)[nH]c4c3)cc2)[nH]1. The molecule has 4 aromatic rings. The summed E-state index contributed by atoms with van der Waals surface area (Å²) in [5.74, 6) is 7.68. The molecule has 44 heavy (non-hydrogen) atoms. The van der Waals surface area contributed by atoms with Gasteiger partial charge in [-0.25, -0.2) is 19.6 Å². The van der Waals surface area contributed by atoms with E-state index in [4.69, 9.17) is 27.1 Å². The lowest BCUT2D eigenvalue weighted by molar-refractivity contribution is 0.0185. The number of rotatable bonds is 4. The number of hydrogen-bond donors (Lipinski definition) is 4. The lowest BCUT2D eigenvalue weighted by Gasteiger charge is -2.34. The molecule has 5 rings (SSSR count). The number of aromatic nitrogens is 4. The van der Waals surface area contributed by atoms with Crippen molar-refractivity contribution in [3.05, 3.63) is 71.4 Å². The molecule has 0 radical (unpaired) electrons. The summed E-state index contributed by atoms with van der Waals surface area (Å²) in [7, 11) is 0. The first-order valence-electron chi connectivity index (χ1n) is 14.5. The molecule has 230 valence electrons. The Morgan fingerprint density at radius 2 is 1.68 bits per heavy atom. The van der Waals surface area contributed by atoms with Gasteiger partial charge in [-0.15, -0.1) is 12.6 Å². The number of aromatic amines is 2. The second-order valence-electron chi connectivity index (χ2n) is 12.8. The molecule has 2 aromatic heterocycles. The Hall–Kier alpha value is -4.43. The molecule has 1 atom stereocenters. The number of imidazole rings is 2. The summed E-state index contributed by atoms with van der Waals surface area (Å²) >= 11 is 4.92. The van der Waals surface area contributed by atoms with Crippen LogP contribution in [0.3, 0.4) is 0 Å². The average molecular weight is 615 g/mol. The van der Waals surface area contributed by atoms with E-state index in [0.29, 0.717) is 24.6 Å². The van der Waals surface area contributed by atoms with E-state index >= 15 is 0 Å². The van der Waals surface area contributed by atoms with Gasteiger partial charge in [-0.1, -0.05) is 24.0 Å². The highest BCUT2D eigenvalue weighted by Crippen LogP contribution is 2.42. The first-order valence-corrected chi connectivity index (χ1v) is 15.0. The van der Waals surface area contributed by atoms with Crippen molar-refractivity contribution in [2.24, 2.45) is 0 Å². The Labute approximate surface area is 262 Å². The van der Waals surface area contributed by atoms with Crippen molar-refractivity contribution in [1.82, 2.24) is 30.2 Å². The summed E-state index contributed by atoms with van der Waals surface area (Å²) in [5.41, 5.74) is 3.92. The number of nitrogens with one attached hydrogen (secondary N) is 3. The van der Waals surface area contributed by atoms with Crippen molar-refractivity contribution in [2.45, 2.75) is 77.0 Å². The predicted molar refractivity (Wildman–Crippen MR) is 172 cm³/mol. The minimum atomic E-state index is -0.876. The fourth-order valence-electron chi connectivity index (χ4n) is 4.83. The molecule has 10 nitrogen and oxygen atoms in total. The second kappa shape index (κ2) is 11.9. The third kappa shape index (κ3) is 7.37. The monoisotopic (exact) mass is 614 g/mol. The molecule has 1 saturated heterocycles. The summed E-state index contributed by atoms with van der Waals surface area (Å²) in [5, 5.41) is 2.70. The Morgan fingerprint density at radius 1 is 1.00 bits per heavy atom. The van der Waals surface area contributed by atoms with Crippen LogP contribution in [-0.4, -0.2) is 54.8 Å². The first-order chi connectivity index (χ1) is 20.7. The average Bonchev–Trinajstić information content (AvgIpc) is 3.67. The largest absolute Gasteiger partial charge is 0.444 e. The van der Waals surface area contributed by atoms with Crippen LogP contribution in [0.1, 0.15) is 77.2 Å². The van der Waals surface area contributed by atoms with Crippen LogP contribution in [0.25, 0.3) is 22.3 Å². The van der Waals surface area contributed by atoms with Gasteiger partial charge in [0, 0.05) is 17.7 Å². The summed E-state index contributed by atoms with van der Waals surface area (Å²) in [6.45, 7) is 11.8. The van der Waals surface area contributed by atoms with Gasteiger partial charge in [-0.3, -0.25) is 4.90 Å². The smallest absolute Gasteiger partial charge is 0.411 e.